The predicted octanol–water partition coefficient (Wildman–Crippen LogP) is 3.48. The molecule has 0 aliphatic carbocycles. The summed E-state index contributed by atoms with van der Waals surface area (Å²) in [6.07, 6.45) is 0. The van der Waals surface area contributed by atoms with Gasteiger partial charge in [0.25, 0.3) is 0 Å². The lowest BCUT2D eigenvalue weighted by molar-refractivity contribution is 0.304. The molecule has 3 heteroatoms. The first-order valence-corrected chi connectivity index (χ1v) is 6.49. The van der Waals surface area contributed by atoms with Crippen molar-refractivity contribution in [3.63, 3.8) is 0 Å². The molecule has 0 aromatic heterocycles. The Bertz CT molecular complexity index is 422. The second-order valence-corrected chi connectivity index (χ2v) is 5.45. The van der Waals surface area contributed by atoms with Crippen LogP contribution in [0.5, 0.6) is 0 Å². The number of nitrogens with two attached hydrogens (primary N) is 1. The van der Waals surface area contributed by atoms with Crippen molar-refractivity contribution in [1.29, 1.82) is 5.26 Å². The number of nitrogen functional groups attached to an aromatic ring is 1. The van der Waals surface area contributed by atoms with Crippen LogP contribution in [0, 0.1) is 29.1 Å². The van der Waals surface area contributed by atoms with E-state index in [1.165, 1.54) is 0 Å². The highest BCUT2D eigenvalue weighted by molar-refractivity contribution is 5.62. The lowest BCUT2D eigenvalue weighted by Crippen LogP contribution is -2.24. The van der Waals surface area contributed by atoms with Gasteiger partial charge >= 0.3 is 0 Å². The van der Waals surface area contributed by atoms with Gasteiger partial charge in [0.1, 0.15) is 6.07 Å². The molecule has 1 aromatic rings. The highest BCUT2D eigenvalue weighted by atomic mass is 14.9. The summed E-state index contributed by atoms with van der Waals surface area (Å²) in [4.78, 5) is 0. The molecule has 0 atom stereocenters. The molecule has 3 N–H and O–H groups in total. The molecule has 3 nitrogen and oxygen atoms in total. The minimum Gasteiger partial charge on any atom is -0.398 e. The van der Waals surface area contributed by atoms with E-state index in [1.807, 2.05) is 12.1 Å². The third-order valence-electron chi connectivity index (χ3n) is 3.43. The lowest BCUT2D eigenvalue weighted by atomic mass is 9.85. The monoisotopic (exact) mass is 245 g/mol. The van der Waals surface area contributed by atoms with E-state index in [1.54, 1.807) is 6.07 Å². The first kappa shape index (κ1) is 14.4. The molecule has 0 spiro atoms. The third kappa shape index (κ3) is 3.66. The van der Waals surface area contributed by atoms with Crippen molar-refractivity contribution in [2.24, 2.45) is 17.8 Å². The van der Waals surface area contributed by atoms with Crippen molar-refractivity contribution in [1.82, 2.24) is 0 Å². The average Bonchev–Trinajstić information content (AvgIpc) is 2.28. The molecule has 98 valence electrons. The summed E-state index contributed by atoms with van der Waals surface area (Å²) in [5, 5.41) is 12.2. The summed E-state index contributed by atoms with van der Waals surface area (Å²) in [5.41, 5.74) is 7.85. The zero-order valence-corrected chi connectivity index (χ0v) is 11.7. The second kappa shape index (κ2) is 6.30. The minimum absolute atomic E-state index is 0.532. The number of anilines is 2. The summed E-state index contributed by atoms with van der Waals surface area (Å²) in [7, 11) is 0. The topological polar surface area (TPSA) is 61.8 Å². The summed E-state index contributed by atoms with van der Waals surface area (Å²) in [6, 6.07) is 7.57. The van der Waals surface area contributed by atoms with Gasteiger partial charge in [-0.3, -0.25) is 0 Å². The summed E-state index contributed by atoms with van der Waals surface area (Å²) < 4.78 is 0. The molecule has 0 bridgehead atoms. The molecule has 18 heavy (non-hydrogen) atoms. The molecule has 0 aliphatic rings. The summed E-state index contributed by atoms with van der Waals surface area (Å²) in [5.74, 6) is 1.92. The normalized spacial score (nSPS) is 11.0. The Morgan fingerprint density at radius 3 is 2.28 bits per heavy atom. The van der Waals surface area contributed by atoms with Crippen LogP contribution in [0.2, 0.25) is 0 Å². The number of nitriles is 1. The van der Waals surface area contributed by atoms with Gasteiger partial charge in [-0.2, -0.15) is 5.26 Å². The largest absolute Gasteiger partial charge is 0.398 e. The van der Waals surface area contributed by atoms with Gasteiger partial charge in [0, 0.05) is 12.2 Å². The fourth-order valence-electron chi connectivity index (χ4n) is 2.25. The van der Waals surface area contributed by atoms with Gasteiger partial charge < -0.3 is 11.1 Å². The average molecular weight is 245 g/mol. The maximum absolute atomic E-state index is 8.82. The van der Waals surface area contributed by atoms with E-state index in [-0.39, 0.29) is 0 Å². The van der Waals surface area contributed by atoms with Gasteiger partial charge in [-0.1, -0.05) is 27.7 Å². The van der Waals surface area contributed by atoms with Crippen LogP contribution in [0.3, 0.4) is 0 Å². The van der Waals surface area contributed by atoms with Crippen LogP contribution in [0.1, 0.15) is 33.3 Å². The Labute approximate surface area is 110 Å². The molecule has 0 aliphatic heterocycles. The van der Waals surface area contributed by atoms with Crippen LogP contribution in [-0.4, -0.2) is 6.54 Å². The van der Waals surface area contributed by atoms with Crippen molar-refractivity contribution < 1.29 is 0 Å². The van der Waals surface area contributed by atoms with Crippen LogP contribution >= 0.6 is 0 Å². The van der Waals surface area contributed by atoms with E-state index in [0.29, 0.717) is 29.0 Å². The predicted molar refractivity (Wildman–Crippen MR) is 77.2 cm³/mol. The zero-order chi connectivity index (χ0) is 13.7. The van der Waals surface area contributed by atoms with Crippen LogP contribution in [0.15, 0.2) is 18.2 Å². The first-order chi connectivity index (χ1) is 8.45. The van der Waals surface area contributed by atoms with Gasteiger partial charge in [-0.25, -0.2) is 0 Å². The molecule has 0 amide bonds. The highest BCUT2D eigenvalue weighted by Gasteiger charge is 2.17. The fourth-order valence-corrected chi connectivity index (χ4v) is 2.25. The molecule has 0 fully saturated rings. The van der Waals surface area contributed by atoms with E-state index < -0.39 is 0 Å². The Morgan fingerprint density at radius 1 is 1.22 bits per heavy atom. The van der Waals surface area contributed by atoms with Crippen molar-refractivity contribution in [2.75, 3.05) is 17.6 Å². The van der Waals surface area contributed by atoms with Gasteiger partial charge in [0.05, 0.1) is 11.3 Å². The van der Waals surface area contributed by atoms with E-state index >= 15 is 0 Å². The number of nitrogens with one attached hydrogen (secondary N) is 1. The minimum atomic E-state index is 0.532. The Kier molecular flexibility index (Phi) is 5.03. The molecule has 0 saturated heterocycles. The van der Waals surface area contributed by atoms with E-state index in [4.69, 9.17) is 11.0 Å². The quantitative estimate of drug-likeness (QED) is 0.781. The maximum Gasteiger partial charge on any atom is 0.101 e. The Hall–Kier alpha value is -1.69. The molecule has 0 radical (unpaired) electrons. The lowest BCUT2D eigenvalue weighted by Gasteiger charge is -2.25. The van der Waals surface area contributed by atoms with E-state index in [2.05, 4.69) is 39.1 Å². The van der Waals surface area contributed by atoms with Gasteiger partial charge in [0.2, 0.25) is 0 Å². The second-order valence-electron chi connectivity index (χ2n) is 5.45. The van der Waals surface area contributed by atoms with Crippen LogP contribution in [0.4, 0.5) is 11.4 Å². The molecule has 0 saturated carbocycles. The number of benzene rings is 1. The number of rotatable bonds is 5. The summed E-state index contributed by atoms with van der Waals surface area (Å²) >= 11 is 0. The molecular weight excluding hydrogens is 222 g/mol. The molecule has 0 unspecified atom stereocenters. The molecular formula is C15H23N3. The van der Waals surface area contributed by atoms with Gasteiger partial charge in [-0.15, -0.1) is 0 Å². The van der Waals surface area contributed by atoms with E-state index in [0.717, 1.165) is 12.2 Å². The van der Waals surface area contributed by atoms with E-state index in [9.17, 15) is 0 Å². The van der Waals surface area contributed by atoms with Crippen molar-refractivity contribution in [3.8, 4) is 6.07 Å². The Morgan fingerprint density at radius 2 is 1.83 bits per heavy atom. The smallest absolute Gasteiger partial charge is 0.101 e. The number of hydrogen-bond acceptors (Lipinski definition) is 3. The molecule has 1 aromatic carbocycles. The maximum atomic E-state index is 8.82. The Balaban J connectivity index is 2.69. The van der Waals surface area contributed by atoms with Crippen molar-refractivity contribution >= 4 is 11.4 Å². The van der Waals surface area contributed by atoms with Crippen molar-refractivity contribution in [2.45, 2.75) is 27.7 Å². The standard InChI is InChI=1S/C15H23N3/c1-10(2)14(11(3)4)9-18-13-6-5-12(8-16)15(17)7-13/h5-7,10-11,14,18H,9,17H2,1-4H3. The van der Waals surface area contributed by atoms with Crippen molar-refractivity contribution in [3.05, 3.63) is 23.8 Å². The molecule has 0 heterocycles. The fraction of sp³-hybridized carbons (Fsp3) is 0.533. The van der Waals surface area contributed by atoms with Gasteiger partial charge in [0.15, 0.2) is 0 Å². The molecule has 1 rings (SSSR count). The highest BCUT2D eigenvalue weighted by Crippen LogP contribution is 2.22. The SMILES string of the molecule is CC(C)C(CNc1ccc(C#N)c(N)c1)C(C)C. The van der Waals surface area contributed by atoms with Crippen LogP contribution in [0.25, 0.3) is 0 Å². The number of hydrogen-bond donors (Lipinski definition) is 2. The third-order valence-corrected chi connectivity index (χ3v) is 3.43. The van der Waals surface area contributed by atoms with Gasteiger partial charge in [-0.05, 0) is 36.0 Å². The summed E-state index contributed by atoms with van der Waals surface area (Å²) in [6.45, 7) is 9.93. The number of nitrogens with zero attached hydrogens (tertiary/aromatic N) is 1. The van der Waals surface area contributed by atoms with Crippen LogP contribution < -0.4 is 11.1 Å². The first-order valence-electron chi connectivity index (χ1n) is 6.49. The van der Waals surface area contributed by atoms with Crippen LogP contribution in [-0.2, 0) is 0 Å². The zero-order valence-electron chi connectivity index (χ0n) is 11.7.